The second-order valence-corrected chi connectivity index (χ2v) is 11.0. The van der Waals surface area contributed by atoms with E-state index in [4.69, 9.17) is 4.74 Å². The molecule has 1 N–H and O–H groups in total. The summed E-state index contributed by atoms with van der Waals surface area (Å²) in [7, 11) is 0. The number of benzene rings is 4. The van der Waals surface area contributed by atoms with E-state index in [-0.39, 0.29) is 11.8 Å². The summed E-state index contributed by atoms with van der Waals surface area (Å²) >= 11 is 0. The maximum Gasteiger partial charge on any atom is 0.220 e. The van der Waals surface area contributed by atoms with Crippen LogP contribution in [0.2, 0.25) is 0 Å². The van der Waals surface area contributed by atoms with Gasteiger partial charge in [-0.3, -0.25) is 4.79 Å². The summed E-state index contributed by atoms with van der Waals surface area (Å²) in [6, 6.07) is 35.6. The Hall–Kier alpha value is -4.31. The lowest BCUT2D eigenvalue weighted by Crippen LogP contribution is -2.28. The van der Waals surface area contributed by atoms with Crippen LogP contribution in [0.4, 0.5) is 0 Å². The first-order chi connectivity index (χ1) is 19.5. The first-order valence-electron chi connectivity index (χ1n) is 14.1. The van der Waals surface area contributed by atoms with Crippen molar-refractivity contribution in [3.05, 3.63) is 137 Å². The molecule has 0 spiro atoms. The summed E-state index contributed by atoms with van der Waals surface area (Å²) in [4.78, 5) is 13.2. The van der Waals surface area contributed by atoms with Crippen molar-refractivity contribution in [1.82, 2.24) is 9.88 Å². The van der Waals surface area contributed by atoms with Crippen LogP contribution in [0.5, 0.6) is 5.75 Å². The Labute approximate surface area is 237 Å². The number of nitrogens with zero attached hydrogens (tertiary/aromatic N) is 1. The molecule has 0 aliphatic rings. The van der Waals surface area contributed by atoms with Gasteiger partial charge in [0.15, 0.2) is 0 Å². The van der Waals surface area contributed by atoms with E-state index in [9.17, 15) is 4.79 Å². The van der Waals surface area contributed by atoms with Gasteiger partial charge in [0.25, 0.3) is 0 Å². The number of fused-ring (bicyclic) bond motifs is 1. The van der Waals surface area contributed by atoms with Crippen molar-refractivity contribution in [2.45, 2.75) is 46.3 Å². The number of rotatable bonds is 11. The van der Waals surface area contributed by atoms with Crippen LogP contribution in [-0.4, -0.2) is 17.0 Å². The molecule has 0 aliphatic carbocycles. The average Bonchev–Trinajstić information content (AvgIpc) is 3.34. The van der Waals surface area contributed by atoms with Crippen molar-refractivity contribution in [2.24, 2.45) is 5.92 Å². The Kier molecular flexibility index (Phi) is 8.65. The summed E-state index contributed by atoms with van der Waals surface area (Å²) in [6.07, 6.45) is 2.63. The SMILES string of the molecule is Cc1ccc(Cn2cc(C(CC(=O)NCC(C)C)c3ccc(OCc4ccccc4)cc3)c3ccccc32)cc1. The van der Waals surface area contributed by atoms with Gasteiger partial charge in [-0.1, -0.05) is 104 Å². The predicted molar refractivity (Wildman–Crippen MR) is 164 cm³/mol. The van der Waals surface area contributed by atoms with Crippen LogP contribution in [0.25, 0.3) is 10.9 Å². The molecule has 0 saturated carbocycles. The number of ether oxygens (including phenoxy) is 1. The predicted octanol–water partition coefficient (Wildman–Crippen LogP) is 7.87. The summed E-state index contributed by atoms with van der Waals surface area (Å²) in [5, 5.41) is 4.31. The van der Waals surface area contributed by atoms with E-state index in [1.165, 1.54) is 27.6 Å². The summed E-state index contributed by atoms with van der Waals surface area (Å²) in [6.45, 7) is 8.31. The largest absolute Gasteiger partial charge is 0.489 e. The van der Waals surface area contributed by atoms with Gasteiger partial charge in [-0.05, 0) is 53.3 Å². The zero-order valence-electron chi connectivity index (χ0n) is 23.6. The van der Waals surface area contributed by atoms with Gasteiger partial charge in [0.05, 0.1) is 0 Å². The number of hydrogen-bond donors (Lipinski definition) is 1. The Balaban J connectivity index is 1.46. The summed E-state index contributed by atoms with van der Waals surface area (Å²) < 4.78 is 8.36. The molecule has 1 unspecified atom stereocenters. The van der Waals surface area contributed by atoms with Crippen LogP contribution in [0.1, 0.15) is 54.0 Å². The highest BCUT2D eigenvalue weighted by Gasteiger charge is 2.23. The third kappa shape index (κ3) is 6.81. The Morgan fingerprint density at radius 2 is 1.52 bits per heavy atom. The molecule has 4 nitrogen and oxygen atoms in total. The van der Waals surface area contributed by atoms with Crippen molar-refractivity contribution in [1.29, 1.82) is 0 Å². The number of amides is 1. The minimum absolute atomic E-state index is 0.0680. The molecule has 0 radical (unpaired) electrons. The Morgan fingerprint density at radius 1 is 0.825 bits per heavy atom. The molecule has 1 aromatic heterocycles. The van der Waals surface area contributed by atoms with Crippen LogP contribution in [0.3, 0.4) is 0 Å². The van der Waals surface area contributed by atoms with Gasteiger partial charge >= 0.3 is 0 Å². The van der Waals surface area contributed by atoms with Crippen molar-refractivity contribution < 1.29 is 9.53 Å². The molecule has 0 bridgehead atoms. The lowest BCUT2D eigenvalue weighted by atomic mass is 9.88. The molecule has 204 valence electrons. The maximum absolute atomic E-state index is 13.2. The van der Waals surface area contributed by atoms with Gasteiger partial charge in [0.2, 0.25) is 5.91 Å². The highest BCUT2D eigenvalue weighted by atomic mass is 16.5. The normalized spacial score (nSPS) is 12.0. The van der Waals surface area contributed by atoms with Gasteiger partial charge in [0, 0.05) is 42.5 Å². The number of hydrogen-bond acceptors (Lipinski definition) is 2. The maximum atomic E-state index is 13.2. The van der Waals surface area contributed by atoms with E-state index in [0.29, 0.717) is 25.5 Å². The highest BCUT2D eigenvalue weighted by molar-refractivity contribution is 5.86. The first-order valence-corrected chi connectivity index (χ1v) is 14.1. The standard InChI is InChI=1S/C36H38N2O2/c1-26(2)22-37-36(39)21-33(30-17-19-31(20-18-30)40-25-29-9-5-4-6-10-29)34-24-38(35-12-8-7-11-32(34)35)23-28-15-13-27(3)14-16-28/h4-20,24,26,33H,21-23,25H2,1-3H3,(H,37,39). The lowest BCUT2D eigenvalue weighted by Gasteiger charge is -2.18. The van der Waals surface area contributed by atoms with Crippen LogP contribution in [-0.2, 0) is 17.9 Å². The second-order valence-electron chi connectivity index (χ2n) is 11.0. The van der Waals surface area contributed by atoms with Crippen LogP contribution < -0.4 is 10.1 Å². The number of aryl methyl sites for hydroxylation is 1. The van der Waals surface area contributed by atoms with Crippen molar-refractivity contribution >= 4 is 16.8 Å². The molecule has 0 saturated heterocycles. The topological polar surface area (TPSA) is 43.3 Å². The summed E-state index contributed by atoms with van der Waals surface area (Å²) in [5.41, 5.74) is 7.08. The van der Waals surface area contributed by atoms with Crippen molar-refractivity contribution in [3.63, 3.8) is 0 Å². The van der Waals surface area contributed by atoms with Crippen molar-refractivity contribution in [2.75, 3.05) is 6.54 Å². The first kappa shape index (κ1) is 27.3. The molecule has 0 aliphatic heterocycles. The van der Waals surface area contributed by atoms with Gasteiger partial charge in [-0.15, -0.1) is 0 Å². The third-order valence-electron chi connectivity index (χ3n) is 7.30. The molecule has 0 fully saturated rings. The van der Waals surface area contributed by atoms with Gasteiger partial charge < -0.3 is 14.6 Å². The smallest absolute Gasteiger partial charge is 0.220 e. The third-order valence-corrected chi connectivity index (χ3v) is 7.30. The molecule has 4 aromatic carbocycles. The van der Waals surface area contributed by atoms with E-state index in [0.717, 1.165) is 23.4 Å². The number of carbonyl (C=O) groups is 1. The van der Waals surface area contributed by atoms with E-state index >= 15 is 0 Å². The molecule has 40 heavy (non-hydrogen) atoms. The van der Waals surface area contributed by atoms with Crippen LogP contribution in [0.15, 0.2) is 109 Å². The minimum atomic E-state index is -0.0838. The monoisotopic (exact) mass is 530 g/mol. The van der Waals surface area contributed by atoms with Gasteiger partial charge in [-0.2, -0.15) is 0 Å². The fourth-order valence-electron chi connectivity index (χ4n) is 5.09. The van der Waals surface area contributed by atoms with E-state index in [2.05, 4.69) is 110 Å². The quantitative estimate of drug-likeness (QED) is 0.189. The zero-order chi connectivity index (χ0) is 27.9. The second kappa shape index (κ2) is 12.7. The Morgan fingerprint density at radius 3 is 2.25 bits per heavy atom. The van der Waals surface area contributed by atoms with Gasteiger partial charge in [0.1, 0.15) is 12.4 Å². The molecule has 1 heterocycles. The molecular formula is C36H38N2O2. The fraction of sp³-hybridized carbons (Fsp3) is 0.250. The highest BCUT2D eigenvalue weighted by Crippen LogP contribution is 2.36. The number of aromatic nitrogens is 1. The molecule has 4 heteroatoms. The minimum Gasteiger partial charge on any atom is -0.489 e. The van der Waals surface area contributed by atoms with Crippen LogP contribution in [0, 0.1) is 12.8 Å². The lowest BCUT2D eigenvalue weighted by molar-refractivity contribution is -0.121. The average molecular weight is 531 g/mol. The van der Waals surface area contributed by atoms with E-state index < -0.39 is 0 Å². The molecule has 5 aromatic rings. The number of nitrogens with one attached hydrogen (secondary N) is 1. The molecule has 1 atom stereocenters. The fourth-order valence-corrected chi connectivity index (χ4v) is 5.09. The van der Waals surface area contributed by atoms with Crippen molar-refractivity contribution in [3.8, 4) is 5.75 Å². The number of carbonyl (C=O) groups excluding carboxylic acids is 1. The number of para-hydroxylation sites is 1. The Bertz CT molecular complexity index is 1530. The molecule has 5 rings (SSSR count). The van der Waals surface area contributed by atoms with E-state index in [1.807, 2.05) is 30.3 Å². The summed E-state index contributed by atoms with van der Waals surface area (Å²) in [5.74, 6) is 1.20. The molecule has 1 amide bonds. The zero-order valence-corrected chi connectivity index (χ0v) is 23.6. The van der Waals surface area contributed by atoms with Crippen LogP contribution >= 0.6 is 0 Å². The molecular weight excluding hydrogens is 492 g/mol. The van der Waals surface area contributed by atoms with Gasteiger partial charge in [-0.25, -0.2) is 0 Å². The van der Waals surface area contributed by atoms with E-state index in [1.54, 1.807) is 0 Å².